The molecule has 188 valence electrons. The van der Waals surface area contributed by atoms with E-state index in [4.69, 9.17) is 16.3 Å². The van der Waals surface area contributed by atoms with Gasteiger partial charge in [0.15, 0.2) is 6.10 Å². The summed E-state index contributed by atoms with van der Waals surface area (Å²) in [5, 5.41) is 5.20. The Morgan fingerprint density at radius 2 is 1.97 bits per heavy atom. The third-order valence-corrected chi connectivity index (χ3v) is 5.32. The van der Waals surface area contributed by atoms with Crippen LogP contribution in [-0.2, 0) is 14.5 Å². The minimum Gasteiger partial charge on any atom is -0.479 e. The summed E-state index contributed by atoms with van der Waals surface area (Å²) in [6, 6.07) is 6.47. The third-order valence-electron chi connectivity index (χ3n) is 4.36. The minimum absolute atomic E-state index is 0.149. The van der Waals surface area contributed by atoms with Gasteiger partial charge in [0.05, 0.1) is 21.6 Å². The molecular formula is C21H20ClF4N5O3S. The number of nitrogens with zero attached hydrogens (tertiary/aromatic N) is 2. The number of rotatable bonds is 8. The predicted molar refractivity (Wildman–Crippen MR) is 128 cm³/mol. The van der Waals surface area contributed by atoms with Crippen molar-refractivity contribution in [2.75, 3.05) is 22.8 Å². The fourth-order valence-electron chi connectivity index (χ4n) is 2.94. The van der Waals surface area contributed by atoms with Crippen LogP contribution in [0.15, 0.2) is 36.7 Å². The SMILES string of the molecule is C=S(C)(=O)Nc1cc(Cl)c2c(Nc3ccc(F)cc3O[C@H](C)C(=O)NCC(F)(F)F)ncnc2c1. The molecule has 3 aromatic rings. The zero-order valence-corrected chi connectivity index (χ0v) is 19.9. The summed E-state index contributed by atoms with van der Waals surface area (Å²) < 4.78 is 71.1. The highest BCUT2D eigenvalue weighted by Crippen LogP contribution is 2.35. The van der Waals surface area contributed by atoms with Crippen LogP contribution in [0.4, 0.5) is 34.8 Å². The molecule has 0 saturated carbocycles. The maximum absolute atomic E-state index is 13.9. The second-order valence-corrected chi connectivity index (χ2v) is 10.2. The van der Waals surface area contributed by atoms with E-state index in [-0.39, 0.29) is 22.3 Å². The monoisotopic (exact) mass is 533 g/mol. The molecule has 0 aliphatic rings. The Kier molecular flexibility index (Phi) is 7.60. The van der Waals surface area contributed by atoms with Crippen molar-refractivity contribution in [1.29, 1.82) is 0 Å². The van der Waals surface area contributed by atoms with Crippen LogP contribution in [0.5, 0.6) is 5.75 Å². The molecule has 1 aromatic heterocycles. The maximum Gasteiger partial charge on any atom is 0.405 e. The van der Waals surface area contributed by atoms with E-state index in [9.17, 15) is 26.6 Å². The van der Waals surface area contributed by atoms with E-state index >= 15 is 0 Å². The number of hydrogen-bond acceptors (Lipinski definition) is 6. The van der Waals surface area contributed by atoms with Gasteiger partial charge in [0.1, 0.15) is 30.3 Å². The Bertz CT molecular complexity index is 1370. The summed E-state index contributed by atoms with van der Waals surface area (Å²) in [4.78, 5) is 20.3. The first-order chi connectivity index (χ1) is 16.2. The zero-order valence-electron chi connectivity index (χ0n) is 18.4. The van der Waals surface area contributed by atoms with Crippen molar-refractivity contribution in [2.24, 2.45) is 0 Å². The van der Waals surface area contributed by atoms with Crippen LogP contribution in [-0.4, -0.2) is 51.0 Å². The average molecular weight is 534 g/mol. The fraction of sp³-hybridized carbons (Fsp3) is 0.238. The van der Waals surface area contributed by atoms with E-state index in [1.807, 2.05) is 0 Å². The lowest BCUT2D eigenvalue weighted by atomic mass is 10.2. The Morgan fingerprint density at radius 1 is 1.26 bits per heavy atom. The quantitative estimate of drug-likeness (QED) is 0.295. The molecule has 1 unspecified atom stereocenters. The lowest BCUT2D eigenvalue weighted by Gasteiger charge is -2.19. The first-order valence-electron chi connectivity index (χ1n) is 9.84. The van der Waals surface area contributed by atoms with Gasteiger partial charge in [0, 0.05) is 27.7 Å². The largest absolute Gasteiger partial charge is 0.479 e. The number of nitrogens with one attached hydrogen (secondary N) is 3. The van der Waals surface area contributed by atoms with E-state index in [0.717, 1.165) is 12.1 Å². The molecule has 0 bridgehead atoms. The minimum atomic E-state index is -4.59. The van der Waals surface area contributed by atoms with E-state index in [1.54, 1.807) is 11.4 Å². The molecular weight excluding hydrogens is 514 g/mol. The summed E-state index contributed by atoms with van der Waals surface area (Å²) >= 11 is 6.42. The van der Waals surface area contributed by atoms with Gasteiger partial charge >= 0.3 is 6.18 Å². The van der Waals surface area contributed by atoms with Crippen LogP contribution in [0.25, 0.3) is 10.9 Å². The molecule has 0 aliphatic carbocycles. The molecule has 0 saturated heterocycles. The number of ether oxygens (including phenoxy) is 1. The van der Waals surface area contributed by atoms with Crippen LogP contribution >= 0.6 is 11.6 Å². The highest BCUT2D eigenvalue weighted by atomic mass is 35.5. The van der Waals surface area contributed by atoms with E-state index in [2.05, 4.69) is 25.9 Å². The van der Waals surface area contributed by atoms with Gasteiger partial charge in [-0.3, -0.25) is 4.79 Å². The maximum atomic E-state index is 13.9. The van der Waals surface area contributed by atoms with Gasteiger partial charge in [-0.1, -0.05) is 11.6 Å². The molecule has 8 nitrogen and oxygen atoms in total. The molecule has 0 fully saturated rings. The summed E-state index contributed by atoms with van der Waals surface area (Å²) in [6.45, 7) is -0.308. The summed E-state index contributed by atoms with van der Waals surface area (Å²) in [7, 11) is -2.58. The Morgan fingerprint density at radius 3 is 2.63 bits per heavy atom. The van der Waals surface area contributed by atoms with Crippen molar-refractivity contribution in [3.63, 3.8) is 0 Å². The van der Waals surface area contributed by atoms with Crippen LogP contribution < -0.4 is 20.1 Å². The van der Waals surface area contributed by atoms with Gasteiger partial charge in [0.25, 0.3) is 5.91 Å². The molecule has 3 N–H and O–H groups in total. The molecule has 1 amide bonds. The van der Waals surface area contributed by atoms with Crippen LogP contribution in [0.2, 0.25) is 5.02 Å². The van der Waals surface area contributed by atoms with Crippen molar-refractivity contribution in [3.8, 4) is 5.75 Å². The first kappa shape index (κ1) is 26.3. The van der Waals surface area contributed by atoms with Gasteiger partial charge in [-0.2, -0.15) is 13.2 Å². The summed E-state index contributed by atoms with van der Waals surface area (Å²) in [5.74, 6) is 1.83. The number of hydrogen-bond donors (Lipinski definition) is 3. The van der Waals surface area contributed by atoms with Crippen LogP contribution in [0.3, 0.4) is 0 Å². The molecule has 1 heterocycles. The van der Waals surface area contributed by atoms with Crippen molar-refractivity contribution in [3.05, 3.63) is 47.5 Å². The lowest BCUT2D eigenvalue weighted by Crippen LogP contribution is -2.41. The second-order valence-electron chi connectivity index (χ2n) is 7.54. The molecule has 0 radical (unpaired) electrons. The second kappa shape index (κ2) is 10.1. The van der Waals surface area contributed by atoms with Gasteiger partial charge < -0.3 is 20.1 Å². The van der Waals surface area contributed by atoms with Gasteiger partial charge in [0.2, 0.25) is 0 Å². The number of anilines is 3. The zero-order chi connectivity index (χ0) is 26.0. The van der Waals surface area contributed by atoms with E-state index in [1.165, 1.54) is 31.6 Å². The van der Waals surface area contributed by atoms with Crippen molar-refractivity contribution in [2.45, 2.75) is 19.2 Å². The number of carbonyl (C=O) groups is 1. The number of alkyl halides is 3. The van der Waals surface area contributed by atoms with Crippen LogP contribution in [0, 0.1) is 5.82 Å². The fourth-order valence-corrected chi connectivity index (χ4v) is 3.86. The molecule has 2 atom stereocenters. The van der Waals surface area contributed by atoms with Gasteiger partial charge in [-0.25, -0.2) is 18.6 Å². The molecule has 3 rings (SSSR count). The number of carbonyl (C=O) groups excluding carboxylic acids is 1. The van der Waals surface area contributed by atoms with Crippen molar-refractivity contribution in [1.82, 2.24) is 15.3 Å². The van der Waals surface area contributed by atoms with E-state index in [0.29, 0.717) is 16.6 Å². The number of fused-ring (bicyclic) bond motifs is 1. The molecule has 14 heteroatoms. The summed E-state index contributed by atoms with van der Waals surface area (Å²) in [5.41, 5.74) is 0.958. The Labute approximate surface area is 203 Å². The smallest absolute Gasteiger partial charge is 0.405 e. The Balaban J connectivity index is 1.91. The number of halogens is 5. The first-order valence-corrected chi connectivity index (χ1v) is 12.3. The number of amides is 1. The standard InChI is InChI=1S/C21H20ClF4N5O3S/c1-11(20(32)27-9-21(24,25)26)34-17-6-12(23)4-5-15(17)30-19-18-14(22)7-13(31-35(2,3)33)8-16(18)28-10-29-19/h4-8,10-11H,2,9H2,1,3H3,(H,27,32)(H,31,33)(H,28,29,30)/t11-,35?/m1/s1. The molecule has 2 aromatic carbocycles. The molecule has 0 spiro atoms. The molecule has 35 heavy (non-hydrogen) atoms. The molecule has 0 aliphatic heterocycles. The topological polar surface area (TPSA) is 105 Å². The highest BCUT2D eigenvalue weighted by molar-refractivity contribution is 8.00. The van der Waals surface area contributed by atoms with Crippen molar-refractivity contribution >= 4 is 61.2 Å². The number of benzene rings is 2. The number of aromatic nitrogens is 2. The van der Waals surface area contributed by atoms with Gasteiger partial charge in [-0.15, -0.1) is 0 Å². The van der Waals surface area contributed by atoms with Gasteiger partial charge in [-0.05, 0) is 37.1 Å². The summed E-state index contributed by atoms with van der Waals surface area (Å²) in [6.07, 6.45) is -3.32. The van der Waals surface area contributed by atoms with Crippen molar-refractivity contribution < 1.29 is 31.3 Å². The van der Waals surface area contributed by atoms with E-state index < -0.39 is 40.3 Å². The Hall–Kier alpha value is -3.32. The normalized spacial score (nSPS) is 14.1. The lowest BCUT2D eigenvalue weighted by molar-refractivity contribution is -0.142. The highest BCUT2D eigenvalue weighted by Gasteiger charge is 2.29. The third kappa shape index (κ3) is 7.33. The average Bonchev–Trinajstić information content (AvgIpc) is 2.72. The predicted octanol–water partition coefficient (Wildman–Crippen LogP) is 4.28. The van der Waals surface area contributed by atoms with Crippen LogP contribution in [0.1, 0.15) is 6.92 Å².